The number of nitro groups is 1. The molecule has 3 aromatic carbocycles. The lowest BCUT2D eigenvalue weighted by atomic mass is 10.2. The lowest BCUT2D eigenvalue weighted by Gasteiger charge is -2.25. The monoisotopic (exact) mass is 469 g/mol. The van der Waals surface area contributed by atoms with E-state index < -0.39 is 22.8 Å². The fraction of sp³-hybridized carbons (Fsp3) is 0.0909. The molecule has 10 nitrogen and oxygen atoms in total. The van der Waals surface area contributed by atoms with Gasteiger partial charge in [-0.1, -0.05) is 23.7 Å². The predicted molar refractivity (Wildman–Crippen MR) is 117 cm³/mol. The van der Waals surface area contributed by atoms with Crippen molar-refractivity contribution in [3.8, 4) is 23.0 Å². The number of nitrogens with one attached hydrogen (secondary N) is 2. The largest absolute Gasteiger partial charge is 0.485 e. The molecule has 0 aliphatic carbocycles. The number of nitro benzene ring substituents is 1. The highest BCUT2D eigenvalue weighted by molar-refractivity contribution is 6.30. The standard InChI is InChI=1S/C22H16ClN3O7/c23-14-7-10-17(16(11-14)26(29)30)32-15-8-5-13(6-9-15)21(27)24-25-22(28)20-12-31-18-3-1-2-4-19(18)33-20/h1-11,20H,12H2,(H,24,27)(H,25,28). The molecule has 4 rings (SSSR count). The van der Waals surface area contributed by atoms with Crippen molar-refractivity contribution in [3.63, 3.8) is 0 Å². The van der Waals surface area contributed by atoms with E-state index in [1.165, 1.54) is 42.5 Å². The van der Waals surface area contributed by atoms with Gasteiger partial charge in [0.25, 0.3) is 11.8 Å². The molecular formula is C22H16ClN3O7. The Balaban J connectivity index is 1.34. The number of carbonyl (C=O) groups is 2. The summed E-state index contributed by atoms with van der Waals surface area (Å²) in [5, 5.41) is 11.4. The highest BCUT2D eigenvalue weighted by Crippen LogP contribution is 2.33. The van der Waals surface area contributed by atoms with Crippen molar-refractivity contribution in [2.24, 2.45) is 0 Å². The first-order chi connectivity index (χ1) is 15.9. The maximum absolute atomic E-state index is 12.3. The van der Waals surface area contributed by atoms with E-state index in [1.54, 1.807) is 24.3 Å². The minimum atomic E-state index is -0.925. The van der Waals surface area contributed by atoms with Gasteiger partial charge in [-0.2, -0.15) is 0 Å². The van der Waals surface area contributed by atoms with Crippen LogP contribution in [-0.2, 0) is 4.79 Å². The molecule has 0 saturated heterocycles. The minimum absolute atomic E-state index is 0.00158. The van der Waals surface area contributed by atoms with E-state index in [0.717, 1.165) is 0 Å². The Morgan fingerprint density at radius 1 is 1.03 bits per heavy atom. The van der Waals surface area contributed by atoms with Crippen LogP contribution in [0.1, 0.15) is 10.4 Å². The summed E-state index contributed by atoms with van der Waals surface area (Å²) in [6.45, 7) is 0.00158. The normalized spacial score (nSPS) is 14.2. The Bertz CT molecular complexity index is 1220. The quantitative estimate of drug-likeness (QED) is 0.431. The Morgan fingerprint density at radius 3 is 2.48 bits per heavy atom. The zero-order valence-electron chi connectivity index (χ0n) is 16.8. The van der Waals surface area contributed by atoms with Crippen molar-refractivity contribution >= 4 is 29.1 Å². The molecular weight excluding hydrogens is 454 g/mol. The maximum Gasteiger partial charge on any atom is 0.313 e. The number of para-hydroxylation sites is 2. The summed E-state index contributed by atoms with van der Waals surface area (Å²) >= 11 is 5.79. The smallest absolute Gasteiger partial charge is 0.313 e. The number of hydrogen-bond acceptors (Lipinski definition) is 7. The van der Waals surface area contributed by atoms with Crippen LogP contribution in [0.5, 0.6) is 23.0 Å². The highest BCUT2D eigenvalue weighted by atomic mass is 35.5. The summed E-state index contributed by atoms with van der Waals surface area (Å²) in [5.74, 6) is 0.0958. The van der Waals surface area contributed by atoms with E-state index >= 15 is 0 Å². The molecule has 1 atom stereocenters. The summed E-state index contributed by atoms with van der Waals surface area (Å²) in [5.41, 5.74) is 4.53. The predicted octanol–water partition coefficient (Wildman–Crippen LogP) is 3.64. The Kier molecular flexibility index (Phi) is 6.27. The third-order valence-corrected chi connectivity index (χ3v) is 4.80. The molecule has 0 spiro atoms. The molecule has 168 valence electrons. The van der Waals surface area contributed by atoms with Crippen molar-refractivity contribution in [2.45, 2.75) is 6.10 Å². The van der Waals surface area contributed by atoms with Gasteiger partial charge in [0.1, 0.15) is 12.4 Å². The number of hydrogen-bond donors (Lipinski definition) is 2. The Morgan fingerprint density at radius 2 is 1.76 bits per heavy atom. The minimum Gasteiger partial charge on any atom is -0.485 e. The molecule has 0 fully saturated rings. The Hall–Kier alpha value is -4.31. The van der Waals surface area contributed by atoms with Gasteiger partial charge in [0.15, 0.2) is 11.5 Å². The van der Waals surface area contributed by atoms with Crippen molar-refractivity contribution in [1.82, 2.24) is 10.9 Å². The van der Waals surface area contributed by atoms with Crippen LogP contribution in [0.25, 0.3) is 0 Å². The molecule has 3 aromatic rings. The lowest BCUT2D eigenvalue weighted by molar-refractivity contribution is -0.385. The van der Waals surface area contributed by atoms with E-state index in [0.29, 0.717) is 11.5 Å². The van der Waals surface area contributed by atoms with Crippen LogP contribution in [0.3, 0.4) is 0 Å². The zero-order chi connectivity index (χ0) is 23.4. The van der Waals surface area contributed by atoms with E-state index in [9.17, 15) is 19.7 Å². The van der Waals surface area contributed by atoms with E-state index in [4.69, 9.17) is 25.8 Å². The van der Waals surface area contributed by atoms with Gasteiger partial charge in [-0.05, 0) is 48.5 Å². The molecule has 1 heterocycles. The molecule has 1 aliphatic rings. The van der Waals surface area contributed by atoms with Crippen LogP contribution in [0, 0.1) is 10.1 Å². The molecule has 2 amide bonds. The number of halogens is 1. The number of rotatable bonds is 5. The van der Waals surface area contributed by atoms with Gasteiger partial charge in [0, 0.05) is 16.7 Å². The van der Waals surface area contributed by atoms with Crippen LogP contribution < -0.4 is 25.1 Å². The van der Waals surface area contributed by atoms with E-state index in [2.05, 4.69) is 10.9 Å². The molecule has 11 heteroatoms. The van der Waals surface area contributed by atoms with Crippen LogP contribution in [0.4, 0.5) is 5.69 Å². The number of benzene rings is 3. The second kappa shape index (κ2) is 9.45. The van der Waals surface area contributed by atoms with E-state index in [-0.39, 0.29) is 34.4 Å². The fourth-order valence-corrected chi connectivity index (χ4v) is 3.11. The van der Waals surface area contributed by atoms with Crippen LogP contribution in [0.2, 0.25) is 5.02 Å². The van der Waals surface area contributed by atoms with E-state index in [1.807, 2.05) is 0 Å². The SMILES string of the molecule is O=C(NNC(=O)C1COc2ccccc2O1)c1ccc(Oc2ccc(Cl)cc2[N+](=O)[O-])cc1. The number of amides is 2. The van der Waals surface area contributed by atoms with Gasteiger partial charge in [0.2, 0.25) is 11.9 Å². The molecule has 0 bridgehead atoms. The van der Waals surface area contributed by atoms with Crippen LogP contribution in [-0.4, -0.2) is 29.4 Å². The van der Waals surface area contributed by atoms with Gasteiger partial charge < -0.3 is 14.2 Å². The molecule has 0 radical (unpaired) electrons. The van der Waals surface area contributed by atoms with Crippen LogP contribution in [0.15, 0.2) is 66.7 Å². The molecule has 2 N–H and O–H groups in total. The summed E-state index contributed by atoms with van der Waals surface area (Å²) in [7, 11) is 0. The second-order valence-corrected chi connectivity index (χ2v) is 7.24. The van der Waals surface area contributed by atoms with Crippen molar-refractivity contribution in [2.75, 3.05) is 6.61 Å². The van der Waals surface area contributed by atoms with Gasteiger partial charge >= 0.3 is 5.69 Å². The molecule has 0 aromatic heterocycles. The Labute approximate surface area is 192 Å². The van der Waals surface area contributed by atoms with Gasteiger partial charge in [-0.15, -0.1) is 0 Å². The maximum atomic E-state index is 12.3. The summed E-state index contributed by atoms with van der Waals surface area (Å²) in [6.07, 6.45) is -0.925. The number of fused-ring (bicyclic) bond motifs is 1. The zero-order valence-corrected chi connectivity index (χ0v) is 17.6. The lowest BCUT2D eigenvalue weighted by Crippen LogP contribution is -2.50. The van der Waals surface area contributed by atoms with Gasteiger partial charge in [0.05, 0.1) is 4.92 Å². The topological polar surface area (TPSA) is 129 Å². The third-order valence-electron chi connectivity index (χ3n) is 4.56. The molecule has 33 heavy (non-hydrogen) atoms. The first-order valence-corrected chi connectivity index (χ1v) is 9.99. The van der Waals surface area contributed by atoms with Crippen molar-refractivity contribution in [3.05, 3.63) is 87.4 Å². The van der Waals surface area contributed by atoms with Crippen molar-refractivity contribution in [1.29, 1.82) is 0 Å². The summed E-state index contributed by atoms with van der Waals surface area (Å²) < 4.78 is 16.6. The number of nitrogens with zero attached hydrogens (tertiary/aromatic N) is 1. The molecule has 1 aliphatic heterocycles. The molecule has 1 unspecified atom stereocenters. The van der Waals surface area contributed by atoms with Gasteiger partial charge in [-0.25, -0.2) is 0 Å². The molecule has 0 saturated carbocycles. The highest BCUT2D eigenvalue weighted by Gasteiger charge is 2.27. The fourth-order valence-electron chi connectivity index (χ4n) is 2.94. The number of carbonyl (C=O) groups excluding carboxylic acids is 2. The third kappa shape index (κ3) is 5.13. The van der Waals surface area contributed by atoms with Crippen LogP contribution >= 0.6 is 11.6 Å². The average molecular weight is 470 g/mol. The summed E-state index contributed by atoms with van der Waals surface area (Å²) in [4.78, 5) is 35.2. The average Bonchev–Trinajstić information content (AvgIpc) is 2.83. The first-order valence-electron chi connectivity index (χ1n) is 9.61. The number of ether oxygens (including phenoxy) is 3. The summed E-state index contributed by atoms with van der Waals surface area (Å²) in [6, 6.07) is 16.8. The number of hydrazine groups is 1. The van der Waals surface area contributed by atoms with Gasteiger partial charge in [-0.3, -0.25) is 30.6 Å². The second-order valence-electron chi connectivity index (χ2n) is 6.80. The van der Waals surface area contributed by atoms with Crippen molar-refractivity contribution < 1.29 is 28.7 Å². The first kappa shape index (κ1) is 21.9.